The summed E-state index contributed by atoms with van der Waals surface area (Å²) in [6, 6.07) is 9.26. The molecule has 0 atom stereocenters. The maximum atomic E-state index is 9.16. The molecule has 1 heterocycles. The van der Waals surface area contributed by atoms with Crippen LogP contribution in [0, 0.1) is 13.8 Å². The highest BCUT2D eigenvalue weighted by Gasteiger charge is 2.01. The van der Waals surface area contributed by atoms with E-state index >= 15 is 0 Å². The Morgan fingerprint density at radius 3 is 2.40 bits per heavy atom. The average Bonchev–Trinajstić information content (AvgIpc) is 2.49. The molecule has 2 aromatic rings. The Labute approximate surface area is 89.0 Å². The van der Waals surface area contributed by atoms with Crippen LogP contribution in [0.1, 0.15) is 17.0 Å². The number of hydrogen-bond acceptors (Lipinski definition) is 2. The van der Waals surface area contributed by atoms with Crippen molar-refractivity contribution in [3.63, 3.8) is 0 Å². The highest BCUT2D eigenvalue weighted by Crippen LogP contribution is 2.12. The van der Waals surface area contributed by atoms with Crippen molar-refractivity contribution in [2.45, 2.75) is 20.4 Å². The van der Waals surface area contributed by atoms with Crippen LogP contribution in [0.25, 0.3) is 0 Å². The number of benzene rings is 1. The normalized spacial score (nSPS) is 10.5. The first-order valence-electron chi connectivity index (χ1n) is 4.94. The van der Waals surface area contributed by atoms with Gasteiger partial charge in [-0.3, -0.25) is 4.68 Å². The molecule has 1 aromatic carbocycles. The third-order valence-corrected chi connectivity index (χ3v) is 2.37. The van der Waals surface area contributed by atoms with Gasteiger partial charge in [0.25, 0.3) is 0 Å². The van der Waals surface area contributed by atoms with Crippen molar-refractivity contribution in [2.24, 2.45) is 0 Å². The summed E-state index contributed by atoms with van der Waals surface area (Å²) in [5.41, 5.74) is 3.32. The van der Waals surface area contributed by atoms with Crippen LogP contribution in [-0.4, -0.2) is 14.9 Å². The largest absolute Gasteiger partial charge is 0.508 e. The number of aromatic hydroxyl groups is 1. The first-order valence-corrected chi connectivity index (χ1v) is 4.94. The fraction of sp³-hybridized carbons (Fsp3) is 0.250. The monoisotopic (exact) mass is 202 g/mol. The van der Waals surface area contributed by atoms with Crippen molar-refractivity contribution in [1.29, 1.82) is 0 Å². The van der Waals surface area contributed by atoms with Gasteiger partial charge in [-0.1, -0.05) is 12.1 Å². The lowest BCUT2D eigenvalue weighted by Gasteiger charge is -2.04. The van der Waals surface area contributed by atoms with E-state index in [1.54, 1.807) is 12.1 Å². The molecule has 0 saturated heterocycles. The van der Waals surface area contributed by atoms with Crippen LogP contribution < -0.4 is 0 Å². The Bertz CT molecular complexity index is 457. The van der Waals surface area contributed by atoms with Crippen molar-refractivity contribution in [3.05, 3.63) is 47.3 Å². The molecule has 0 aliphatic heterocycles. The number of rotatable bonds is 2. The number of hydrogen-bond donors (Lipinski definition) is 1. The fourth-order valence-corrected chi connectivity index (χ4v) is 1.61. The fourth-order valence-electron chi connectivity index (χ4n) is 1.61. The number of aromatic nitrogens is 2. The van der Waals surface area contributed by atoms with Gasteiger partial charge in [-0.25, -0.2) is 0 Å². The predicted octanol–water partition coefficient (Wildman–Crippen LogP) is 2.25. The van der Waals surface area contributed by atoms with E-state index in [0.717, 1.165) is 23.5 Å². The van der Waals surface area contributed by atoms with E-state index < -0.39 is 0 Å². The topological polar surface area (TPSA) is 38.0 Å². The maximum Gasteiger partial charge on any atom is 0.115 e. The summed E-state index contributed by atoms with van der Waals surface area (Å²) >= 11 is 0. The lowest BCUT2D eigenvalue weighted by atomic mass is 10.2. The van der Waals surface area contributed by atoms with Crippen LogP contribution >= 0.6 is 0 Å². The smallest absolute Gasteiger partial charge is 0.115 e. The molecule has 0 radical (unpaired) electrons. The van der Waals surface area contributed by atoms with E-state index in [4.69, 9.17) is 5.11 Å². The number of phenols is 1. The highest BCUT2D eigenvalue weighted by molar-refractivity contribution is 5.26. The van der Waals surface area contributed by atoms with E-state index in [9.17, 15) is 0 Å². The zero-order valence-corrected chi connectivity index (χ0v) is 8.94. The van der Waals surface area contributed by atoms with E-state index in [1.807, 2.05) is 30.7 Å². The van der Waals surface area contributed by atoms with Crippen LogP contribution in [0.4, 0.5) is 0 Å². The zero-order chi connectivity index (χ0) is 10.8. The van der Waals surface area contributed by atoms with E-state index in [-0.39, 0.29) is 0 Å². The van der Waals surface area contributed by atoms with Crippen LogP contribution in [0.2, 0.25) is 0 Å². The summed E-state index contributed by atoms with van der Waals surface area (Å²) in [6.45, 7) is 4.78. The van der Waals surface area contributed by atoms with Gasteiger partial charge in [0, 0.05) is 5.69 Å². The minimum absolute atomic E-state index is 0.298. The minimum Gasteiger partial charge on any atom is -0.508 e. The number of nitrogens with zero attached hydrogens (tertiary/aromatic N) is 2. The summed E-state index contributed by atoms with van der Waals surface area (Å²) in [7, 11) is 0. The molecule has 3 nitrogen and oxygen atoms in total. The second-order valence-electron chi connectivity index (χ2n) is 3.75. The summed E-state index contributed by atoms with van der Waals surface area (Å²) < 4.78 is 1.96. The molecule has 0 bridgehead atoms. The SMILES string of the molecule is Cc1cc(C)n(Cc2ccc(O)cc2)n1. The van der Waals surface area contributed by atoms with Gasteiger partial charge in [0.05, 0.1) is 12.2 Å². The zero-order valence-electron chi connectivity index (χ0n) is 8.94. The molecule has 0 aliphatic carbocycles. The molecule has 78 valence electrons. The van der Waals surface area contributed by atoms with Gasteiger partial charge >= 0.3 is 0 Å². The Kier molecular flexibility index (Phi) is 2.46. The molecule has 1 N–H and O–H groups in total. The molecule has 3 heteroatoms. The minimum atomic E-state index is 0.298. The second-order valence-corrected chi connectivity index (χ2v) is 3.75. The van der Waals surface area contributed by atoms with Crippen molar-refractivity contribution in [3.8, 4) is 5.75 Å². The molecule has 0 spiro atoms. The van der Waals surface area contributed by atoms with Crippen molar-refractivity contribution >= 4 is 0 Å². The van der Waals surface area contributed by atoms with E-state index in [1.165, 1.54) is 0 Å². The molecular formula is C12H14N2O. The summed E-state index contributed by atoms with van der Waals surface area (Å²) in [5, 5.41) is 13.5. The van der Waals surface area contributed by atoms with Crippen molar-refractivity contribution < 1.29 is 5.11 Å². The van der Waals surface area contributed by atoms with Gasteiger partial charge in [0.15, 0.2) is 0 Å². The standard InChI is InChI=1S/C12H14N2O/c1-9-7-10(2)14(13-9)8-11-3-5-12(15)6-4-11/h3-7,15H,8H2,1-2H3. The Morgan fingerprint density at radius 2 is 1.87 bits per heavy atom. The summed E-state index contributed by atoms with van der Waals surface area (Å²) in [5.74, 6) is 0.298. The van der Waals surface area contributed by atoms with Gasteiger partial charge in [-0.15, -0.1) is 0 Å². The molecule has 2 rings (SSSR count). The third-order valence-electron chi connectivity index (χ3n) is 2.37. The summed E-state index contributed by atoms with van der Waals surface area (Å²) in [4.78, 5) is 0. The molecule has 0 fully saturated rings. The molecule has 0 saturated carbocycles. The molecule has 0 unspecified atom stereocenters. The molecule has 0 amide bonds. The number of aryl methyl sites for hydroxylation is 2. The van der Waals surface area contributed by atoms with Gasteiger partial charge in [-0.2, -0.15) is 5.10 Å². The Balaban J connectivity index is 2.21. The van der Waals surface area contributed by atoms with Gasteiger partial charge in [-0.05, 0) is 37.6 Å². The van der Waals surface area contributed by atoms with Crippen LogP contribution in [0.5, 0.6) is 5.75 Å². The quantitative estimate of drug-likeness (QED) is 0.811. The predicted molar refractivity (Wildman–Crippen MR) is 58.9 cm³/mol. The van der Waals surface area contributed by atoms with Gasteiger partial charge in [0.2, 0.25) is 0 Å². The molecule has 1 aromatic heterocycles. The highest BCUT2D eigenvalue weighted by atomic mass is 16.3. The first-order chi connectivity index (χ1) is 7.15. The maximum absolute atomic E-state index is 9.16. The van der Waals surface area contributed by atoms with Gasteiger partial charge in [0.1, 0.15) is 5.75 Å². The third kappa shape index (κ3) is 2.18. The Hall–Kier alpha value is -1.77. The van der Waals surface area contributed by atoms with Gasteiger partial charge < -0.3 is 5.11 Å². The Morgan fingerprint density at radius 1 is 1.20 bits per heavy atom. The average molecular weight is 202 g/mol. The molecular weight excluding hydrogens is 188 g/mol. The van der Waals surface area contributed by atoms with E-state index in [2.05, 4.69) is 11.2 Å². The van der Waals surface area contributed by atoms with Crippen LogP contribution in [0.15, 0.2) is 30.3 Å². The second kappa shape index (κ2) is 3.77. The lowest BCUT2D eigenvalue weighted by Crippen LogP contribution is -2.03. The summed E-state index contributed by atoms with van der Waals surface area (Å²) in [6.07, 6.45) is 0. The van der Waals surface area contributed by atoms with Crippen molar-refractivity contribution in [2.75, 3.05) is 0 Å². The number of phenolic OH excluding ortho intramolecular Hbond substituents is 1. The van der Waals surface area contributed by atoms with Crippen molar-refractivity contribution in [1.82, 2.24) is 9.78 Å². The van der Waals surface area contributed by atoms with Crippen LogP contribution in [-0.2, 0) is 6.54 Å². The lowest BCUT2D eigenvalue weighted by molar-refractivity contribution is 0.475. The first kappa shape index (κ1) is 9.77. The van der Waals surface area contributed by atoms with Crippen LogP contribution in [0.3, 0.4) is 0 Å². The molecule has 0 aliphatic rings. The van der Waals surface area contributed by atoms with E-state index in [0.29, 0.717) is 5.75 Å². The molecule has 15 heavy (non-hydrogen) atoms.